The van der Waals surface area contributed by atoms with Crippen LogP contribution in [0.4, 0.5) is 4.39 Å². The Labute approximate surface area is 185 Å². The Morgan fingerprint density at radius 3 is 2.52 bits per heavy atom. The summed E-state index contributed by atoms with van der Waals surface area (Å²) in [4.78, 5) is 15.9. The molecule has 0 radical (unpaired) electrons. The van der Waals surface area contributed by atoms with Crippen molar-refractivity contribution in [3.05, 3.63) is 59.4 Å². The number of primary amides is 1. The molecule has 1 heterocycles. The van der Waals surface area contributed by atoms with Crippen LogP contribution in [0, 0.1) is 11.7 Å². The number of benzene rings is 2. The SMILES string of the molecule is CN=C(NCc1ccc2c(c1)OCO2)NCC(Cc1ccc(F)cc1)C(N)=O.I. The first-order chi connectivity index (χ1) is 13.5. The number of halogens is 2. The molecule has 1 aliphatic rings. The number of ether oxygens (including phenoxy) is 2. The number of hydrogen-bond acceptors (Lipinski definition) is 4. The second kappa shape index (κ2) is 10.8. The topological polar surface area (TPSA) is 98.0 Å². The third kappa shape index (κ3) is 6.48. The third-order valence-electron chi connectivity index (χ3n) is 4.43. The van der Waals surface area contributed by atoms with E-state index in [9.17, 15) is 9.18 Å². The molecule has 7 nitrogen and oxygen atoms in total. The Kier molecular flexibility index (Phi) is 8.50. The summed E-state index contributed by atoms with van der Waals surface area (Å²) in [5.74, 6) is 0.804. The van der Waals surface area contributed by atoms with Crippen LogP contribution in [-0.4, -0.2) is 32.3 Å². The predicted molar refractivity (Wildman–Crippen MR) is 119 cm³/mol. The molecular formula is C20H24FIN4O3. The fourth-order valence-corrected chi connectivity index (χ4v) is 2.86. The molecule has 156 valence electrons. The number of nitrogens with zero attached hydrogens (tertiary/aromatic N) is 1. The van der Waals surface area contributed by atoms with Crippen molar-refractivity contribution in [3.63, 3.8) is 0 Å². The van der Waals surface area contributed by atoms with Gasteiger partial charge in [-0.2, -0.15) is 0 Å². The molecule has 2 aromatic rings. The smallest absolute Gasteiger partial charge is 0.231 e. The Balaban J connectivity index is 0.00000300. The van der Waals surface area contributed by atoms with Gasteiger partial charge in [0.05, 0.1) is 5.92 Å². The van der Waals surface area contributed by atoms with E-state index in [0.717, 1.165) is 22.6 Å². The van der Waals surface area contributed by atoms with Gasteiger partial charge < -0.3 is 25.8 Å². The number of carbonyl (C=O) groups excluding carboxylic acids is 1. The minimum Gasteiger partial charge on any atom is -0.454 e. The summed E-state index contributed by atoms with van der Waals surface area (Å²) in [6.45, 7) is 1.07. The van der Waals surface area contributed by atoms with Crippen LogP contribution in [0.1, 0.15) is 11.1 Å². The Morgan fingerprint density at radius 1 is 1.14 bits per heavy atom. The van der Waals surface area contributed by atoms with Crippen LogP contribution in [0.15, 0.2) is 47.5 Å². The quantitative estimate of drug-likeness (QED) is 0.299. The summed E-state index contributed by atoms with van der Waals surface area (Å²) < 4.78 is 23.7. The summed E-state index contributed by atoms with van der Waals surface area (Å²) in [7, 11) is 1.65. The Bertz CT molecular complexity index is 861. The maximum Gasteiger partial charge on any atom is 0.231 e. The van der Waals surface area contributed by atoms with Crippen LogP contribution < -0.4 is 25.8 Å². The average Bonchev–Trinajstić information content (AvgIpc) is 3.16. The summed E-state index contributed by atoms with van der Waals surface area (Å²) in [6.07, 6.45) is 0.418. The highest BCUT2D eigenvalue weighted by molar-refractivity contribution is 14.0. The van der Waals surface area contributed by atoms with Crippen molar-refractivity contribution in [1.82, 2.24) is 10.6 Å². The minimum absolute atomic E-state index is 0. The van der Waals surface area contributed by atoms with Crippen molar-refractivity contribution in [1.29, 1.82) is 0 Å². The lowest BCUT2D eigenvalue weighted by Gasteiger charge is -2.17. The van der Waals surface area contributed by atoms with E-state index in [4.69, 9.17) is 15.2 Å². The summed E-state index contributed by atoms with van der Waals surface area (Å²) >= 11 is 0. The monoisotopic (exact) mass is 514 g/mol. The predicted octanol–water partition coefficient (Wildman–Crippen LogP) is 2.18. The van der Waals surface area contributed by atoms with E-state index in [2.05, 4.69) is 15.6 Å². The lowest BCUT2D eigenvalue weighted by Crippen LogP contribution is -2.42. The molecule has 3 rings (SSSR count). The van der Waals surface area contributed by atoms with E-state index in [1.165, 1.54) is 12.1 Å². The molecule has 1 atom stereocenters. The molecule has 9 heteroatoms. The number of rotatable bonds is 7. The molecule has 1 aliphatic heterocycles. The van der Waals surface area contributed by atoms with E-state index >= 15 is 0 Å². The van der Waals surface area contributed by atoms with Gasteiger partial charge in [0.25, 0.3) is 0 Å². The van der Waals surface area contributed by atoms with E-state index in [1.54, 1.807) is 19.2 Å². The van der Waals surface area contributed by atoms with Crippen molar-refractivity contribution in [2.24, 2.45) is 16.6 Å². The van der Waals surface area contributed by atoms with Crippen LogP contribution in [0.5, 0.6) is 11.5 Å². The number of hydrogen-bond donors (Lipinski definition) is 3. The normalized spacial score (nSPS) is 13.4. The van der Waals surface area contributed by atoms with Crippen LogP contribution in [0.3, 0.4) is 0 Å². The standard InChI is InChI=1S/C20H23FN4O3.HI/c1-23-20(24-10-14-4-7-17-18(9-14)28-12-27-17)25-11-15(19(22)26)8-13-2-5-16(21)6-3-13;/h2-7,9,15H,8,10-12H2,1H3,(H2,22,26)(H2,23,24,25);1H. The number of guanidine groups is 1. The highest BCUT2D eigenvalue weighted by Gasteiger charge is 2.17. The number of amides is 1. The van der Waals surface area contributed by atoms with E-state index in [0.29, 0.717) is 25.5 Å². The molecule has 0 bridgehead atoms. The van der Waals surface area contributed by atoms with Gasteiger partial charge in [-0.05, 0) is 41.8 Å². The number of nitrogens with two attached hydrogens (primary N) is 1. The van der Waals surface area contributed by atoms with E-state index in [1.807, 2.05) is 18.2 Å². The first-order valence-corrected chi connectivity index (χ1v) is 8.92. The zero-order valence-electron chi connectivity index (χ0n) is 16.0. The second-order valence-corrected chi connectivity index (χ2v) is 6.42. The molecular weight excluding hydrogens is 490 g/mol. The molecule has 0 spiro atoms. The van der Waals surface area contributed by atoms with Gasteiger partial charge in [0, 0.05) is 20.1 Å². The number of carbonyl (C=O) groups is 1. The van der Waals surface area contributed by atoms with Gasteiger partial charge in [0.15, 0.2) is 17.5 Å². The zero-order chi connectivity index (χ0) is 19.9. The molecule has 0 saturated heterocycles. The highest BCUT2D eigenvalue weighted by atomic mass is 127. The van der Waals surface area contributed by atoms with Gasteiger partial charge in [-0.15, -0.1) is 24.0 Å². The number of nitrogens with one attached hydrogen (secondary N) is 2. The van der Waals surface area contributed by atoms with Gasteiger partial charge >= 0.3 is 0 Å². The third-order valence-corrected chi connectivity index (χ3v) is 4.43. The average molecular weight is 514 g/mol. The van der Waals surface area contributed by atoms with Crippen LogP contribution in [-0.2, 0) is 17.8 Å². The molecule has 0 aliphatic carbocycles. The lowest BCUT2D eigenvalue weighted by atomic mass is 9.98. The van der Waals surface area contributed by atoms with E-state index in [-0.39, 0.29) is 36.6 Å². The fourth-order valence-electron chi connectivity index (χ4n) is 2.86. The zero-order valence-corrected chi connectivity index (χ0v) is 18.3. The molecule has 0 aromatic heterocycles. The molecule has 0 saturated carbocycles. The van der Waals surface area contributed by atoms with Crippen molar-refractivity contribution in [2.45, 2.75) is 13.0 Å². The molecule has 1 unspecified atom stereocenters. The fraction of sp³-hybridized carbons (Fsp3) is 0.300. The lowest BCUT2D eigenvalue weighted by molar-refractivity contribution is -0.121. The molecule has 0 fully saturated rings. The number of fused-ring (bicyclic) bond motifs is 1. The van der Waals surface area contributed by atoms with Gasteiger partial charge in [-0.1, -0.05) is 18.2 Å². The van der Waals surface area contributed by atoms with Crippen molar-refractivity contribution < 1.29 is 18.7 Å². The van der Waals surface area contributed by atoms with Crippen LogP contribution in [0.25, 0.3) is 0 Å². The summed E-state index contributed by atoms with van der Waals surface area (Å²) in [5, 5.41) is 6.30. The molecule has 29 heavy (non-hydrogen) atoms. The van der Waals surface area contributed by atoms with Crippen LogP contribution in [0.2, 0.25) is 0 Å². The Morgan fingerprint density at radius 2 is 1.83 bits per heavy atom. The molecule has 2 aromatic carbocycles. The van der Waals surface area contributed by atoms with Gasteiger partial charge in [0.2, 0.25) is 12.7 Å². The maximum absolute atomic E-state index is 13.0. The molecule has 1 amide bonds. The van der Waals surface area contributed by atoms with Gasteiger partial charge in [-0.25, -0.2) is 4.39 Å². The largest absolute Gasteiger partial charge is 0.454 e. The van der Waals surface area contributed by atoms with Crippen molar-refractivity contribution >= 4 is 35.8 Å². The first-order valence-electron chi connectivity index (χ1n) is 8.92. The number of aliphatic imine (C=N–C) groups is 1. The molecule has 4 N–H and O–H groups in total. The summed E-state index contributed by atoms with van der Waals surface area (Å²) in [6, 6.07) is 11.7. The summed E-state index contributed by atoms with van der Waals surface area (Å²) in [5.41, 5.74) is 7.37. The van der Waals surface area contributed by atoms with Crippen molar-refractivity contribution in [2.75, 3.05) is 20.4 Å². The van der Waals surface area contributed by atoms with E-state index < -0.39 is 11.8 Å². The van der Waals surface area contributed by atoms with Crippen molar-refractivity contribution in [3.8, 4) is 11.5 Å². The first kappa shape index (κ1) is 22.7. The highest BCUT2D eigenvalue weighted by Crippen LogP contribution is 2.32. The maximum atomic E-state index is 13.0. The van der Waals surface area contributed by atoms with Crippen LogP contribution >= 0.6 is 24.0 Å². The Hall–Kier alpha value is -2.56. The van der Waals surface area contributed by atoms with Gasteiger partial charge in [-0.3, -0.25) is 9.79 Å². The van der Waals surface area contributed by atoms with Gasteiger partial charge in [0.1, 0.15) is 5.82 Å². The minimum atomic E-state index is -0.449. The second-order valence-electron chi connectivity index (χ2n) is 6.42.